The van der Waals surface area contributed by atoms with Crippen LogP contribution >= 0.6 is 0 Å². The van der Waals surface area contributed by atoms with Gasteiger partial charge in [-0.2, -0.15) is 0 Å². The van der Waals surface area contributed by atoms with Crippen LogP contribution in [0.3, 0.4) is 0 Å². The second-order valence-electron chi connectivity index (χ2n) is 5.78. The number of nitrogens with two attached hydrogens (primary N) is 1. The summed E-state index contributed by atoms with van der Waals surface area (Å²) in [5, 5.41) is 8.30. The average molecular weight is 384 g/mol. The fraction of sp³-hybridized carbons (Fsp3) is 0.529. The van der Waals surface area contributed by atoms with Crippen molar-refractivity contribution < 1.29 is 13.2 Å². The number of nitrogens with zero attached hydrogens (tertiary/aromatic N) is 3. The zero-order valence-corrected chi connectivity index (χ0v) is 16.7. The SMILES string of the molecule is CCNC(=NCc1cccc(S(N)(=O)=O)c1)N(C)CC(=O)N(CC)CC. The van der Waals surface area contributed by atoms with Gasteiger partial charge in [-0.05, 0) is 38.5 Å². The van der Waals surface area contributed by atoms with Crippen LogP contribution in [0, 0.1) is 0 Å². The van der Waals surface area contributed by atoms with E-state index in [4.69, 9.17) is 5.14 Å². The number of nitrogens with one attached hydrogen (secondary N) is 1. The van der Waals surface area contributed by atoms with Gasteiger partial charge in [0.1, 0.15) is 0 Å². The zero-order valence-electron chi connectivity index (χ0n) is 15.9. The van der Waals surface area contributed by atoms with Crippen molar-refractivity contribution in [2.75, 3.05) is 33.2 Å². The number of benzene rings is 1. The van der Waals surface area contributed by atoms with Gasteiger partial charge in [-0.25, -0.2) is 18.5 Å². The Morgan fingerprint density at radius 3 is 2.42 bits per heavy atom. The summed E-state index contributed by atoms with van der Waals surface area (Å²) in [4.78, 5) is 20.3. The van der Waals surface area contributed by atoms with E-state index in [0.29, 0.717) is 25.6 Å². The molecule has 0 aromatic heterocycles. The van der Waals surface area contributed by atoms with E-state index in [1.54, 1.807) is 29.0 Å². The molecule has 3 N–H and O–H groups in total. The van der Waals surface area contributed by atoms with Crippen LogP contribution in [-0.2, 0) is 21.4 Å². The van der Waals surface area contributed by atoms with Crippen molar-refractivity contribution in [3.05, 3.63) is 29.8 Å². The predicted octanol–water partition coefficient (Wildman–Crippen LogP) is 0.600. The van der Waals surface area contributed by atoms with E-state index < -0.39 is 10.0 Å². The van der Waals surface area contributed by atoms with Gasteiger partial charge in [0.05, 0.1) is 18.0 Å². The summed E-state index contributed by atoms with van der Waals surface area (Å²) in [7, 11) is -1.95. The Labute approximate surface area is 156 Å². The van der Waals surface area contributed by atoms with Crippen LogP contribution in [0.5, 0.6) is 0 Å². The van der Waals surface area contributed by atoms with E-state index >= 15 is 0 Å². The summed E-state index contributed by atoms with van der Waals surface area (Å²) < 4.78 is 22.9. The molecule has 0 heterocycles. The number of amides is 1. The molecule has 0 saturated carbocycles. The number of sulfonamides is 1. The van der Waals surface area contributed by atoms with Gasteiger partial charge in [0.25, 0.3) is 0 Å². The lowest BCUT2D eigenvalue weighted by atomic mass is 10.2. The minimum atomic E-state index is -3.75. The quantitative estimate of drug-likeness (QED) is 0.505. The highest BCUT2D eigenvalue weighted by Crippen LogP contribution is 2.10. The molecule has 0 atom stereocenters. The molecule has 1 amide bonds. The van der Waals surface area contributed by atoms with Gasteiger partial charge in [-0.3, -0.25) is 4.79 Å². The lowest BCUT2D eigenvalue weighted by Crippen LogP contribution is -2.45. The molecule has 0 aliphatic heterocycles. The van der Waals surface area contributed by atoms with Crippen molar-refractivity contribution in [3.63, 3.8) is 0 Å². The highest BCUT2D eigenvalue weighted by Gasteiger charge is 2.15. The first-order valence-electron chi connectivity index (χ1n) is 8.61. The highest BCUT2D eigenvalue weighted by molar-refractivity contribution is 7.89. The van der Waals surface area contributed by atoms with Gasteiger partial charge in [-0.1, -0.05) is 12.1 Å². The number of hydrogen-bond donors (Lipinski definition) is 2. The molecule has 0 fully saturated rings. The first-order chi connectivity index (χ1) is 12.2. The maximum Gasteiger partial charge on any atom is 0.242 e. The number of guanidine groups is 1. The largest absolute Gasteiger partial charge is 0.357 e. The number of hydrogen-bond acceptors (Lipinski definition) is 4. The fourth-order valence-corrected chi connectivity index (χ4v) is 2.99. The molecule has 0 unspecified atom stereocenters. The van der Waals surface area contributed by atoms with E-state index in [2.05, 4.69) is 10.3 Å². The monoisotopic (exact) mass is 383 g/mol. The van der Waals surface area contributed by atoms with E-state index in [1.165, 1.54) is 12.1 Å². The van der Waals surface area contributed by atoms with E-state index in [1.807, 2.05) is 20.8 Å². The van der Waals surface area contributed by atoms with Crippen LogP contribution < -0.4 is 10.5 Å². The normalized spacial score (nSPS) is 12.0. The van der Waals surface area contributed by atoms with Crippen LogP contribution in [0.2, 0.25) is 0 Å². The molecule has 1 aromatic rings. The third-order valence-corrected chi connectivity index (χ3v) is 4.73. The first-order valence-corrected chi connectivity index (χ1v) is 10.2. The molecular formula is C17H29N5O3S. The molecule has 0 aliphatic rings. The summed E-state index contributed by atoms with van der Waals surface area (Å²) in [5.74, 6) is 0.605. The molecule has 0 radical (unpaired) electrons. The Bertz CT molecular complexity index is 730. The summed E-state index contributed by atoms with van der Waals surface area (Å²) in [6, 6.07) is 6.36. The Hall–Kier alpha value is -2.13. The number of primary sulfonamides is 1. The van der Waals surface area contributed by atoms with Crippen LogP contribution in [0.4, 0.5) is 0 Å². The summed E-state index contributed by atoms with van der Waals surface area (Å²) >= 11 is 0. The minimum Gasteiger partial charge on any atom is -0.357 e. The summed E-state index contributed by atoms with van der Waals surface area (Å²) in [6.07, 6.45) is 0. The fourth-order valence-electron chi connectivity index (χ4n) is 2.41. The number of likely N-dealkylation sites (N-methyl/N-ethyl adjacent to an activating group) is 2. The Morgan fingerprint density at radius 2 is 1.88 bits per heavy atom. The van der Waals surface area contributed by atoms with Gasteiger partial charge in [0, 0.05) is 26.7 Å². The second-order valence-corrected chi connectivity index (χ2v) is 7.35. The van der Waals surface area contributed by atoms with Crippen molar-refractivity contribution in [1.29, 1.82) is 0 Å². The van der Waals surface area contributed by atoms with Crippen LogP contribution in [-0.4, -0.2) is 63.3 Å². The van der Waals surface area contributed by atoms with E-state index in [0.717, 1.165) is 5.56 Å². The van der Waals surface area contributed by atoms with Crippen molar-refractivity contribution >= 4 is 21.9 Å². The van der Waals surface area contributed by atoms with Crippen molar-refractivity contribution in [1.82, 2.24) is 15.1 Å². The first kappa shape index (κ1) is 21.9. The molecule has 8 nitrogen and oxygen atoms in total. The lowest BCUT2D eigenvalue weighted by molar-refractivity contribution is -0.131. The second kappa shape index (κ2) is 10.1. The number of carbonyl (C=O) groups is 1. The molecular weight excluding hydrogens is 354 g/mol. The van der Waals surface area contributed by atoms with Gasteiger partial charge in [-0.15, -0.1) is 0 Å². The van der Waals surface area contributed by atoms with Gasteiger partial charge >= 0.3 is 0 Å². The maximum atomic E-state index is 12.3. The van der Waals surface area contributed by atoms with E-state index in [-0.39, 0.29) is 23.9 Å². The van der Waals surface area contributed by atoms with Gasteiger partial charge in [0.15, 0.2) is 5.96 Å². The highest BCUT2D eigenvalue weighted by atomic mass is 32.2. The van der Waals surface area contributed by atoms with Crippen molar-refractivity contribution in [3.8, 4) is 0 Å². The molecule has 1 aromatic carbocycles. The minimum absolute atomic E-state index is 0.0272. The third kappa shape index (κ3) is 6.64. The molecule has 0 bridgehead atoms. The van der Waals surface area contributed by atoms with Crippen molar-refractivity contribution in [2.45, 2.75) is 32.2 Å². The van der Waals surface area contributed by atoms with Gasteiger partial charge < -0.3 is 15.1 Å². The van der Waals surface area contributed by atoms with E-state index in [9.17, 15) is 13.2 Å². The predicted molar refractivity (Wildman–Crippen MR) is 103 cm³/mol. The summed E-state index contributed by atoms with van der Waals surface area (Å²) in [6.45, 7) is 8.30. The molecule has 9 heteroatoms. The molecule has 1 rings (SSSR count). The standard InChI is InChI=1S/C17H29N5O3S/c1-5-19-17(21(4)13-16(23)22(6-2)7-3)20-12-14-9-8-10-15(11-14)26(18,24)25/h8-11H,5-7,12-13H2,1-4H3,(H,19,20)(H2,18,24,25). The number of aliphatic imine (C=N–C) groups is 1. The van der Waals surface area contributed by atoms with Crippen LogP contribution in [0.15, 0.2) is 34.2 Å². The zero-order chi connectivity index (χ0) is 19.7. The van der Waals surface area contributed by atoms with Crippen LogP contribution in [0.1, 0.15) is 26.3 Å². The molecule has 0 saturated heterocycles. The molecule has 146 valence electrons. The van der Waals surface area contributed by atoms with Crippen molar-refractivity contribution in [2.24, 2.45) is 10.1 Å². The number of rotatable bonds is 8. The Morgan fingerprint density at radius 1 is 1.23 bits per heavy atom. The smallest absolute Gasteiger partial charge is 0.242 e. The summed E-state index contributed by atoms with van der Waals surface area (Å²) in [5.41, 5.74) is 0.718. The Balaban J connectivity index is 2.90. The Kier molecular flexibility index (Phi) is 8.53. The maximum absolute atomic E-state index is 12.3. The third-order valence-electron chi connectivity index (χ3n) is 3.82. The molecule has 26 heavy (non-hydrogen) atoms. The van der Waals surface area contributed by atoms with Crippen LogP contribution in [0.25, 0.3) is 0 Å². The number of carbonyl (C=O) groups excluding carboxylic acids is 1. The molecule has 0 aliphatic carbocycles. The topological polar surface area (TPSA) is 108 Å². The van der Waals surface area contributed by atoms with Gasteiger partial charge in [0.2, 0.25) is 15.9 Å². The lowest BCUT2D eigenvalue weighted by Gasteiger charge is -2.25. The molecule has 0 spiro atoms. The average Bonchev–Trinajstić information content (AvgIpc) is 2.59.